The highest BCUT2D eigenvalue weighted by Gasteiger charge is 2.30. The number of ether oxygens (including phenoxy) is 1. The highest BCUT2D eigenvalue weighted by Crippen LogP contribution is 2.24. The molecule has 1 heterocycles. The van der Waals surface area contributed by atoms with Gasteiger partial charge in [-0.2, -0.15) is 0 Å². The van der Waals surface area contributed by atoms with Crippen molar-refractivity contribution in [3.05, 3.63) is 48.0 Å². The minimum absolute atomic E-state index is 0.0163. The smallest absolute Gasteiger partial charge is 0.309 e. The summed E-state index contributed by atoms with van der Waals surface area (Å²) in [7, 11) is 1.50. The van der Waals surface area contributed by atoms with Crippen LogP contribution in [-0.4, -0.2) is 48.9 Å². The summed E-state index contributed by atoms with van der Waals surface area (Å²) in [5, 5.41) is 4.43. The number of piperidine rings is 1. The molecule has 0 aliphatic carbocycles. The molecule has 2 aromatic rings. The zero-order valence-corrected chi connectivity index (χ0v) is 15.6. The first-order valence-corrected chi connectivity index (χ1v) is 9.20. The lowest BCUT2D eigenvalue weighted by Gasteiger charge is -2.31. The van der Waals surface area contributed by atoms with E-state index >= 15 is 0 Å². The van der Waals surface area contributed by atoms with Crippen LogP contribution in [-0.2, 0) is 14.3 Å². The van der Waals surface area contributed by atoms with Crippen LogP contribution in [0.25, 0.3) is 10.8 Å². The molecule has 2 aromatic carbocycles. The number of likely N-dealkylation sites (N-methyl/N-ethyl adjacent to an activating group) is 1. The molecule has 6 nitrogen and oxygen atoms in total. The van der Waals surface area contributed by atoms with Crippen molar-refractivity contribution in [3.63, 3.8) is 0 Å². The maximum Gasteiger partial charge on any atom is 0.309 e. The van der Waals surface area contributed by atoms with Crippen molar-refractivity contribution < 1.29 is 19.1 Å². The molecule has 1 aliphatic heterocycles. The van der Waals surface area contributed by atoms with Gasteiger partial charge in [-0.3, -0.25) is 14.4 Å². The molecule has 1 aliphatic rings. The average molecular weight is 368 g/mol. The normalized spacial score (nSPS) is 16.0. The minimum Gasteiger partial charge on any atom is -0.452 e. The van der Waals surface area contributed by atoms with Crippen molar-refractivity contribution >= 4 is 28.6 Å². The molecule has 1 N–H and O–H groups in total. The maximum atomic E-state index is 13.0. The number of hydrogen-bond acceptors (Lipinski definition) is 4. The lowest BCUT2D eigenvalue weighted by atomic mass is 9.95. The largest absolute Gasteiger partial charge is 0.452 e. The molecule has 142 valence electrons. The molecule has 0 radical (unpaired) electrons. The highest BCUT2D eigenvalue weighted by atomic mass is 16.5. The van der Waals surface area contributed by atoms with E-state index in [2.05, 4.69) is 5.32 Å². The molecular formula is C21H24N2O4. The van der Waals surface area contributed by atoms with Gasteiger partial charge in [-0.15, -0.1) is 0 Å². The van der Waals surface area contributed by atoms with Gasteiger partial charge in [-0.05, 0) is 36.6 Å². The molecule has 0 bridgehead atoms. The van der Waals surface area contributed by atoms with Crippen molar-refractivity contribution in [3.8, 4) is 0 Å². The first kappa shape index (κ1) is 18.9. The van der Waals surface area contributed by atoms with Crippen LogP contribution >= 0.6 is 0 Å². The molecule has 2 amide bonds. The van der Waals surface area contributed by atoms with Crippen LogP contribution in [0.4, 0.5) is 0 Å². The number of hydrogen-bond donors (Lipinski definition) is 1. The Balaban J connectivity index is 1.62. The summed E-state index contributed by atoms with van der Waals surface area (Å²) >= 11 is 0. The quantitative estimate of drug-likeness (QED) is 0.841. The third-order valence-electron chi connectivity index (χ3n) is 5.04. The van der Waals surface area contributed by atoms with Crippen LogP contribution in [0.3, 0.4) is 0 Å². The number of carbonyl (C=O) groups excluding carboxylic acids is 3. The number of esters is 1. The Morgan fingerprint density at radius 1 is 1.07 bits per heavy atom. The number of rotatable bonds is 4. The average Bonchev–Trinajstić information content (AvgIpc) is 2.72. The van der Waals surface area contributed by atoms with Crippen molar-refractivity contribution in [1.29, 1.82) is 0 Å². The van der Waals surface area contributed by atoms with Crippen molar-refractivity contribution in [1.82, 2.24) is 10.2 Å². The van der Waals surface area contributed by atoms with Crippen molar-refractivity contribution in [2.24, 2.45) is 5.92 Å². The van der Waals surface area contributed by atoms with E-state index in [1.165, 1.54) is 7.05 Å². The predicted octanol–water partition coefficient (Wildman–Crippen LogP) is 2.37. The van der Waals surface area contributed by atoms with E-state index in [1.54, 1.807) is 11.8 Å². The van der Waals surface area contributed by atoms with Crippen LogP contribution in [0.5, 0.6) is 0 Å². The molecule has 3 rings (SSSR count). The molecule has 6 heteroatoms. The van der Waals surface area contributed by atoms with Crippen molar-refractivity contribution in [2.75, 3.05) is 20.1 Å². The standard InChI is InChI=1S/C21H24N2O4/c1-14(19(24)22-2)27-21(26)16-10-12-23(13-11-16)20(25)18-9-5-7-15-6-3-4-8-17(15)18/h3-9,14,16H,10-13H2,1-2H3,(H,22,24). The number of fused-ring (bicyclic) bond motifs is 1. The van der Waals surface area contributed by atoms with Crippen LogP contribution < -0.4 is 5.32 Å². The Morgan fingerprint density at radius 2 is 1.74 bits per heavy atom. The van der Waals surface area contributed by atoms with Crippen LogP contribution in [0.15, 0.2) is 42.5 Å². The van der Waals surface area contributed by atoms with Gasteiger partial charge in [0.1, 0.15) is 0 Å². The number of amides is 2. The van der Waals surface area contributed by atoms with Crippen LogP contribution in [0, 0.1) is 5.92 Å². The topological polar surface area (TPSA) is 75.7 Å². The lowest BCUT2D eigenvalue weighted by Crippen LogP contribution is -2.42. The van der Waals surface area contributed by atoms with Crippen LogP contribution in [0.2, 0.25) is 0 Å². The van der Waals surface area contributed by atoms with Gasteiger partial charge in [-0.1, -0.05) is 36.4 Å². The fourth-order valence-corrected chi connectivity index (χ4v) is 3.43. The first-order chi connectivity index (χ1) is 13.0. The van der Waals surface area contributed by atoms with E-state index < -0.39 is 6.10 Å². The summed E-state index contributed by atoms with van der Waals surface area (Å²) in [6, 6.07) is 13.5. The van der Waals surface area contributed by atoms with Gasteiger partial charge in [0, 0.05) is 25.7 Å². The SMILES string of the molecule is CNC(=O)C(C)OC(=O)C1CCN(C(=O)c2cccc3ccccc23)CC1. The second kappa shape index (κ2) is 8.20. The second-order valence-electron chi connectivity index (χ2n) is 6.79. The minimum atomic E-state index is -0.808. The molecule has 1 saturated heterocycles. The highest BCUT2D eigenvalue weighted by molar-refractivity contribution is 6.07. The molecule has 1 unspecified atom stereocenters. The Hall–Kier alpha value is -2.89. The fourth-order valence-electron chi connectivity index (χ4n) is 3.43. The van der Waals surface area contributed by atoms with Gasteiger partial charge in [0.2, 0.25) is 0 Å². The summed E-state index contributed by atoms with van der Waals surface area (Å²) < 4.78 is 5.23. The summed E-state index contributed by atoms with van der Waals surface area (Å²) in [5.74, 6) is -0.999. The van der Waals surface area contributed by atoms with E-state index in [9.17, 15) is 14.4 Å². The van der Waals surface area contributed by atoms with Gasteiger partial charge in [0.05, 0.1) is 5.92 Å². The second-order valence-corrected chi connectivity index (χ2v) is 6.79. The van der Waals surface area contributed by atoms with Crippen LogP contribution in [0.1, 0.15) is 30.1 Å². The molecule has 0 aromatic heterocycles. The first-order valence-electron chi connectivity index (χ1n) is 9.20. The van der Waals surface area contributed by atoms with Gasteiger partial charge in [0.25, 0.3) is 11.8 Å². The number of carbonyl (C=O) groups is 3. The Morgan fingerprint density at radius 3 is 2.44 bits per heavy atom. The van der Waals surface area contributed by atoms with Gasteiger partial charge in [0.15, 0.2) is 6.10 Å². The molecule has 1 fully saturated rings. The zero-order chi connectivity index (χ0) is 19.4. The summed E-state index contributed by atoms with van der Waals surface area (Å²) in [5.41, 5.74) is 0.683. The summed E-state index contributed by atoms with van der Waals surface area (Å²) in [6.45, 7) is 2.54. The monoisotopic (exact) mass is 368 g/mol. The Bertz CT molecular complexity index is 851. The third-order valence-corrected chi connectivity index (χ3v) is 5.04. The Kier molecular flexibility index (Phi) is 5.74. The van der Waals surface area contributed by atoms with Gasteiger partial charge in [-0.25, -0.2) is 0 Å². The number of nitrogens with zero attached hydrogens (tertiary/aromatic N) is 1. The molecular weight excluding hydrogens is 344 g/mol. The van der Waals surface area contributed by atoms with Gasteiger partial charge < -0.3 is 15.0 Å². The fraction of sp³-hybridized carbons (Fsp3) is 0.381. The van der Waals surface area contributed by atoms with E-state index in [0.717, 1.165) is 10.8 Å². The van der Waals surface area contributed by atoms with E-state index in [1.807, 2.05) is 42.5 Å². The van der Waals surface area contributed by atoms with E-state index in [-0.39, 0.29) is 23.7 Å². The van der Waals surface area contributed by atoms with Gasteiger partial charge >= 0.3 is 5.97 Å². The predicted molar refractivity (Wildman–Crippen MR) is 102 cm³/mol. The number of nitrogens with one attached hydrogen (secondary N) is 1. The third kappa shape index (κ3) is 4.10. The molecule has 27 heavy (non-hydrogen) atoms. The number of benzene rings is 2. The lowest BCUT2D eigenvalue weighted by molar-refractivity contribution is -0.159. The Labute approximate surface area is 158 Å². The number of likely N-dealkylation sites (tertiary alicyclic amines) is 1. The summed E-state index contributed by atoms with van der Waals surface area (Å²) in [6.07, 6.45) is 0.267. The summed E-state index contributed by atoms with van der Waals surface area (Å²) in [4.78, 5) is 38.5. The van der Waals surface area contributed by atoms with E-state index in [4.69, 9.17) is 4.74 Å². The molecule has 1 atom stereocenters. The maximum absolute atomic E-state index is 13.0. The van der Waals surface area contributed by atoms with E-state index in [0.29, 0.717) is 31.5 Å². The molecule has 0 spiro atoms. The zero-order valence-electron chi connectivity index (χ0n) is 15.6. The van der Waals surface area contributed by atoms with Crippen molar-refractivity contribution in [2.45, 2.75) is 25.9 Å². The molecule has 0 saturated carbocycles.